The highest BCUT2D eigenvalue weighted by molar-refractivity contribution is 5.88. The van der Waals surface area contributed by atoms with E-state index in [1.54, 1.807) is 50.5 Å². The number of carbonyl (C=O) groups is 1. The van der Waals surface area contributed by atoms with Crippen molar-refractivity contribution in [3.63, 3.8) is 0 Å². The van der Waals surface area contributed by atoms with Gasteiger partial charge in [-0.1, -0.05) is 12.1 Å². The van der Waals surface area contributed by atoms with Gasteiger partial charge in [0, 0.05) is 31.2 Å². The lowest BCUT2D eigenvalue weighted by molar-refractivity contribution is 0.172. The summed E-state index contributed by atoms with van der Waals surface area (Å²) >= 11 is 0. The number of amides is 1. The van der Waals surface area contributed by atoms with Crippen molar-refractivity contribution in [2.75, 3.05) is 19.8 Å². The number of nitrogen functional groups attached to an aromatic ring is 1. The quantitative estimate of drug-likeness (QED) is 0.571. The molecule has 0 atom stereocenters. The topological polar surface area (TPSA) is 85.8 Å². The van der Waals surface area contributed by atoms with Gasteiger partial charge in [0.1, 0.15) is 11.3 Å². The van der Waals surface area contributed by atoms with Gasteiger partial charge in [-0.05, 0) is 42.3 Å². The van der Waals surface area contributed by atoms with Gasteiger partial charge in [0.25, 0.3) is 0 Å². The highest BCUT2D eigenvalue weighted by atomic mass is 16.6. The Morgan fingerprint density at radius 1 is 1.12 bits per heavy atom. The van der Waals surface area contributed by atoms with Crippen molar-refractivity contribution in [3.8, 4) is 16.9 Å². The second-order valence-corrected chi connectivity index (χ2v) is 5.93. The number of aryl methyl sites for hydroxylation is 1. The van der Waals surface area contributed by atoms with E-state index in [1.807, 2.05) is 6.92 Å². The number of rotatable bonds is 2. The molecule has 3 rings (SSSR count). The molecule has 0 unspecified atom stereocenters. The highest BCUT2D eigenvalue weighted by Crippen LogP contribution is 2.29. The maximum Gasteiger partial charge on any atom is 0.414 e. The van der Waals surface area contributed by atoms with Crippen LogP contribution in [0, 0.1) is 6.92 Å². The molecule has 2 aromatic carbocycles. The second-order valence-electron chi connectivity index (χ2n) is 5.93. The third-order valence-electron chi connectivity index (χ3n) is 3.91. The normalized spacial score (nSPS) is 10.7. The lowest BCUT2D eigenvalue weighted by atomic mass is 9.99. The first-order valence-electron chi connectivity index (χ1n) is 7.69. The van der Waals surface area contributed by atoms with Crippen LogP contribution < -0.4 is 16.1 Å². The molecular weight excluding hydrogens is 320 g/mol. The second kappa shape index (κ2) is 6.32. The Morgan fingerprint density at radius 3 is 2.44 bits per heavy atom. The predicted octanol–water partition coefficient (Wildman–Crippen LogP) is 3.41. The van der Waals surface area contributed by atoms with Crippen molar-refractivity contribution in [1.29, 1.82) is 0 Å². The van der Waals surface area contributed by atoms with Crippen LogP contribution in [0.4, 0.5) is 10.5 Å². The van der Waals surface area contributed by atoms with Gasteiger partial charge >= 0.3 is 11.7 Å². The molecule has 0 aliphatic heterocycles. The Bertz CT molecular complexity index is 1000. The molecule has 0 saturated heterocycles. The van der Waals surface area contributed by atoms with Crippen molar-refractivity contribution in [1.82, 2.24) is 4.90 Å². The van der Waals surface area contributed by atoms with Gasteiger partial charge in [-0.15, -0.1) is 0 Å². The minimum absolute atomic E-state index is 0.314. The first-order valence-corrected chi connectivity index (χ1v) is 7.69. The van der Waals surface area contributed by atoms with Crippen LogP contribution in [-0.4, -0.2) is 25.1 Å². The number of ether oxygens (including phenoxy) is 1. The molecule has 1 heterocycles. The minimum atomic E-state index is -0.503. The Hall–Kier alpha value is -3.28. The van der Waals surface area contributed by atoms with Crippen LogP contribution in [0.2, 0.25) is 0 Å². The molecule has 0 aliphatic carbocycles. The summed E-state index contributed by atoms with van der Waals surface area (Å²) in [7, 11) is 3.18. The van der Waals surface area contributed by atoms with E-state index >= 15 is 0 Å². The third kappa shape index (κ3) is 3.19. The largest absolute Gasteiger partial charge is 0.422 e. The molecule has 0 aliphatic rings. The molecule has 0 saturated carbocycles. The fourth-order valence-electron chi connectivity index (χ4n) is 2.58. The number of benzene rings is 2. The number of nitrogens with two attached hydrogens (primary N) is 1. The summed E-state index contributed by atoms with van der Waals surface area (Å²) in [5.41, 5.74) is 8.27. The predicted molar refractivity (Wildman–Crippen MR) is 96.8 cm³/mol. The van der Waals surface area contributed by atoms with Gasteiger partial charge in [-0.25, -0.2) is 9.59 Å². The molecule has 6 heteroatoms. The smallest absolute Gasteiger partial charge is 0.414 e. The Kier molecular flexibility index (Phi) is 4.19. The van der Waals surface area contributed by atoms with Crippen molar-refractivity contribution in [2.45, 2.75) is 6.92 Å². The van der Waals surface area contributed by atoms with Crippen LogP contribution in [0.15, 0.2) is 51.7 Å². The molecule has 6 nitrogen and oxygen atoms in total. The van der Waals surface area contributed by atoms with E-state index in [9.17, 15) is 9.59 Å². The lowest BCUT2D eigenvalue weighted by Gasteiger charge is -2.12. The SMILES string of the molecule is Cc1c(-c2ccc(N)cc2)c(=O)oc2cc(OC(=O)N(C)C)ccc12. The minimum Gasteiger partial charge on any atom is -0.422 e. The van der Waals surface area contributed by atoms with Crippen LogP contribution >= 0.6 is 0 Å². The fourth-order valence-corrected chi connectivity index (χ4v) is 2.58. The van der Waals surface area contributed by atoms with Gasteiger partial charge < -0.3 is 19.8 Å². The molecule has 3 aromatic rings. The van der Waals surface area contributed by atoms with Gasteiger partial charge in [0.15, 0.2) is 0 Å². The molecule has 128 valence electrons. The van der Waals surface area contributed by atoms with Crippen LogP contribution in [0.3, 0.4) is 0 Å². The fraction of sp³-hybridized carbons (Fsp3) is 0.158. The Morgan fingerprint density at radius 2 is 1.80 bits per heavy atom. The molecule has 1 amide bonds. The van der Waals surface area contributed by atoms with E-state index in [0.717, 1.165) is 16.5 Å². The van der Waals surface area contributed by atoms with E-state index < -0.39 is 11.7 Å². The van der Waals surface area contributed by atoms with Gasteiger partial charge in [0.2, 0.25) is 0 Å². The summed E-state index contributed by atoms with van der Waals surface area (Å²) in [6, 6.07) is 12.0. The molecular formula is C19H18N2O4. The summed E-state index contributed by atoms with van der Waals surface area (Å²) in [5.74, 6) is 0.314. The van der Waals surface area contributed by atoms with Crippen LogP contribution in [-0.2, 0) is 0 Å². The van der Waals surface area contributed by atoms with Crippen molar-refractivity contribution in [3.05, 3.63) is 58.4 Å². The molecule has 1 aromatic heterocycles. The third-order valence-corrected chi connectivity index (χ3v) is 3.91. The summed E-state index contributed by atoms with van der Waals surface area (Å²) in [5, 5.41) is 0.774. The number of fused-ring (bicyclic) bond motifs is 1. The zero-order valence-corrected chi connectivity index (χ0v) is 14.2. The molecule has 0 bridgehead atoms. The highest BCUT2D eigenvalue weighted by Gasteiger charge is 2.15. The van der Waals surface area contributed by atoms with Gasteiger partial charge in [0.05, 0.1) is 5.56 Å². The van der Waals surface area contributed by atoms with Crippen LogP contribution in [0.25, 0.3) is 22.1 Å². The maximum atomic E-state index is 12.5. The standard InChI is InChI=1S/C19H18N2O4/c1-11-15-9-8-14(24-19(23)21(2)3)10-16(15)25-18(22)17(11)12-4-6-13(20)7-5-12/h4-10H,20H2,1-3H3. The zero-order valence-electron chi connectivity index (χ0n) is 14.2. The van der Waals surface area contributed by atoms with Crippen molar-refractivity contribution in [2.24, 2.45) is 0 Å². The van der Waals surface area contributed by atoms with Gasteiger partial charge in [-0.3, -0.25) is 0 Å². The molecule has 0 radical (unpaired) electrons. The average molecular weight is 338 g/mol. The Balaban J connectivity index is 2.10. The first kappa shape index (κ1) is 16.6. The number of nitrogens with zero attached hydrogens (tertiary/aromatic N) is 1. The molecule has 2 N–H and O–H groups in total. The van der Waals surface area contributed by atoms with E-state index in [1.165, 1.54) is 11.0 Å². The molecule has 0 spiro atoms. The maximum absolute atomic E-state index is 12.5. The number of hydrogen-bond acceptors (Lipinski definition) is 5. The van der Waals surface area contributed by atoms with Crippen LogP contribution in [0.5, 0.6) is 5.75 Å². The van der Waals surface area contributed by atoms with E-state index in [0.29, 0.717) is 22.6 Å². The summed E-state index contributed by atoms with van der Waals surface area (Å²) in [6.45, 7) is 1.86. The van der Waals surface area contributed by atoms with Crippen LogP contribution in [0.1, 0.15) is 5.56 Å². The lowest BCUT2D eigenvalue weighted by Crippen LogP contribution is -2.25. The van der Waals surface area contributed by atoms with Crippen molar-refractivity contribution < 1.29 is 13.9 Å². The van der Waals surface area contributed by atoms with Crippen molar-refractivity contribution >= 4 is 22.7 Å². The monoisotopic (exact) mass is 338 g/mol. The molecule has 0 fully saturated rings. The van der Waals surface area contributed by atoms with E-state index in [4.69, 9.17) is 14.9 Å². The van der Waals surface area contributed by atoms with E-state index in [2.05, 4.69) is 0 Å². The summed E-state index contributed by atoms with van der Waals surface area (Å²) in [6.07, 6.45) is -0.503. The summed E-state index contributed by atoms with van der Waals surface area (Å²) < 4.78 is 10.7. The summed E-state index contributed by atoms with van der Waals surface area (Å²) in [4.78, 5) is 25.4. The van der Waals surface area contributed by atoms with E-state index in [-0.39, 0.29) is 0 Å². The number of anilines is 1. The average Bonchev–Trinajstić information content (AvgIpc) is 2.56. The zero-order chi connectivity index (χ0) is 18.1. The number of carbonyl (C=O) groups excluding carboxylic acids is 1. The number of hydrogen-bond donors (Lipinski definition) is 1. The molecule has 25 heavy (non-hydrogen) atoms. The first-order chi connectivity index (χ1) is 11.9. The van der Waals surface area contributed by atoms with Gasteiger partial charge in [-0.2, -0.15) is 0 Å². The Labute approximate surface area is 144 Å².